The molecule has 0 fully saturated rings. The maximum absolute atomic E-state index is 12.0. The van der Waals surface area contributed by atoms with Crippen LogP contribution >= 0.6 is 0 Å². The topological polar surface area (TPSA) is 49.3 Å². The van der Waals surface area contributed by atoms with Gasteiger partial charge in [-0.1, -0.05) is 78.9 Å². The summed E-state index contributed by atoms with van der Waals surface area (Å²) in [6, 6.07) is 28.4. The summed E-state index contributed by atoms with van der Waals surface area (Å²) in [7, 11) is 0. The third kappa shape index (κ3) is 3.52. The van der Waals surface area contributed by atoms with E-state index in [1.165, 1.54) is 0 Å². The summed E-state index contributed by atoms with van der Waals surface area (Å²) in [4.78, 5) is 12.0. The van der Waals surface area contributed by atoms with Crippen LogP contribution in [0.4, 0.5) is 5.69 Å². The summed E-state index contributed by atoms with van der Waals surface area (Å²) >= 11 is 0. The molecule has 3 aromatic rings. The smallest absolute Gasteiger partial charge is 0.352 e. The van der Waals surface area contributed by atoms with Crippen LogP contribution in [0.25, 0.3) is 5.57 Å². The van der Waals surface area contributed by atoms with Crippen LogP contribution in [0.5, 0.6) is 0 Å². The molecule has 0 spiro atoms. The van der Waals surface area contributed by atoms with E-state index in [-0.39, 0.29) is 5.70 Å². The summed E-state index contributed by atoms with van der Waals surface area (Å²) in [5.74, 6) is -0.999. The summed E-state index contributed by atoms with van der Waals surface area (Å²) in [6.45, 7) is 0. The molecular formula is C21H17NO2. The predicted molar refractivity (Wildman–Crippen MR) is 96.6 cm³/mol. The second kappa shape index (κ2) is 7.29. The lowest BCUT2D eigenvalue weighted by Gasteiger charge is -2.15. The van der Waals surface area contributed by atoms with Gasteiger partial charge in [0.1, 0.15) is 5.70 Å². The van der Waals surface area contributed by atoms with Gasteiger partial charge in [-0.2, -0.15) is 0 Å². The van der Waals surface area contributed by atoms with Crippen LogP contribution in [0, 0.1) is 0 Å². The maximum Gasteiger partial charge on any atom is 0.352 e. The molecule has 0 amide bonds. The van der Waals surface area contributed by atoms with Crippen LogP contribution in [0.3, 0.4) is 0 Å². The molecular weight excluding hydrogens is 298 g/mol. The first-order chi connectivity index (χ1) is 11.8. The van der Waals surface area contributed by atoms with Gasteiger partial charge in [0.25, 0.3) is 0 Å². The van der Waals surface area contributed by atoms with Crippen molar-refractivity contribution in [3.8, 4) is 0 Å². The fraction of sp³-hybridized carbons (Fsp3) is 0. The number of benzene rings is 3. The molecule has 0 aliphatic carbocycles. The van der Waals surface area contributed by atoms with Crippen LogP contribution in [-0.2, 0) is 4.79 Å². The third-order valence-electron chi connectivity index (χ3n) is 3.63. The van der Waals surface area contributed by atoms with E-state index in [0.717, 1.165) is 16.8 Å². The Hall–Kier alpha value is -3.33. The minimum Gasteiger partial charge on any atom is -0.477 e. The molecule has 0 saturated carbocycles. The average molecular weight is 315 g/mol. The monoisotopic (exact) mass is 315 g/mol. The van der Waals surface area contributed by atoms with Crippen LogP contribution < -0.4 is 5.32 Å². The number of anilines is 1. The van der Waals surface area contributed by atoms with Crippen LogP contribution in [0.1, 0.15) is 11.1 Å². The maximum atomic E-state index is 12.0. The number of carboxylic acids is 1. The second-order valence-corrected chi connectivity index (χ2v) is 5.28. The van der Waals surface area contributed by atoms with Crippen molar-refractivity contribution in [3.63, 3.8) is 0 Å². The van der Waals surface area contributed by atoms with E-state index in [9.17, 15) is 9.90 Å². The van der Waals surface area contributed by atoms with Crippen LogP contribution in [0.2, 0.25) is 0 Å². The Bertz CT molecular complexity index is 799. The average Bonchev–Trinajstić information content (AvgIpc) is 2.64. The first-order valence-electron chi connectivity index (χ1n) is 7.66. The number of hydrogen-bond donors (Lipinski definition) is 2. The van der Waals surface area contributed by atoms with Crippen molar-refractivity contribution in [1.82, 2.24) is 0 Å². The first kappa shape index (κ1) is 15.6. The number of carbonyl (C=O) groups is 1. The summed E-state index contributed by atoms with van der Waals surface area (Å²) in [6.07, 6.45) is 0. The van der Waals surface area contributed by atoms with Crippen molar-refractivity contribution in [2.75, 3.05) is 5.32 Å². The molecule has 3 rings (SSSR count). The Balaban J connectivity index is 2.19. The predicted octanol–water partition coefficient (Wildman–Crippen LogP) is 4.64. The molecule has 0 aliphatic heterocycles. The molecule has 0 aliphatic rings. The first-order valence-corrected chi connectivity index (χ1v) is 7.66. The lowest BCUT2D eigenvalue weighted by molar-refractivity contribution is -0.132. The number of hydrogen-bond acceptors (Lipinski definition) is 2. The van der Waals surface area contributed by atoms with E-state index in [0.29, 0.717) is 5.57 Å². The molecule has 0 atom stereocenters. The molecule has 3 heteroatoms. The van der Waals surface area contributed by atoms with Gasteiger partial charge in [0, 0.05) is 11.3 Å². The molecule has 0 bridgehead atoms. The standard InChI is InChI=1S/C21H17NO2/c23-21(24)20(22-18-14-8-3-9-15-18)19(16-10-4-1-5-11-16)17-12-6-2-7-13-17/h1-15,22H,(H,23,24). The van der Waals surface area contributed by atoms with Gasteiger partial charge in [0.2, 0.25) is 0 Å². The highest BCUT2D eigenvalue weighted by Gasteiger charge is 2.18. The fourth-order valence-corrected chi connectivity index (χ4v) is 2.55. The molecule has 0 heterocycles. The minimum absolute atomic E-state index is 0.151. The molecule has 0 aromatic heterocycles. The van der Waals surface area contributed by atoms with Gasteiger partial charge in [-0.3, -0.25) is 0 Å². The van der Waals surface area contributed by atoms with Gasteiger partial charge >= 0.3 is 5.97 Å². The number of aliphatic carboxylic acids is 1. The van der Waals surface area contributed by atoms with Crippen LogP contribution in [0.15, 0.2) is 96.7 Å². The van der Waals surface area contributed by atoms with Crippen molar-refractivity contribution in [2.45, 2.75) is 0 Å². The van der Waals surface area contributed by atoms with Gasteiger partial charge in [0.15, 0.2) is 0 Å². The Morgan fingerprint density at radius 1 is 0.667 bits per heavy atom. The Labute approximate surface area is 140 Å². The molecule has 3 aromatic carbocycles. The summed E-state index contributed by atoms with van der Waals surface area (Å²) in [5, 5.41) is 12.9. The third-order valence-corrected chi connectivity index (χ3v) is 3.63. The fourth-order valence-electron chi connectivity index (χ4n) is 2.55. The van der Waals surface area contributed by atoms with Crippen molar-refractivity contribution in [1.29, 1.82) is 0 Å². The Kier molecular flexibility index (Phi) is 4.73. The highest BCUT2D eigenvalue weighted by Crippen LogP contribution is 2.28. The van der Waals surface area contributed by atoms with E-state index in [1.54, 1.807) is 0 Å². The van der Waals surface area contributed by atoms with Crippen molar-refractivity contribution in [3.05, 3.63) is 108 Å². The normalized spacial score (nSPS) is 10.0. The van der Waals surface area contributed by atoms with Crippen molar-refractivity contribution >= 4 is 17.2 Å². The Morgan fingerprint density at radius 2 is 1.08 bits per heavy atom. The zero-order chi connectivity index (χ0) is 16.8. The van der Waals surface area contributed by atoms with E-state index < -0.39 is 5.97 Å². The van der Waals surface area contributed by atoms with E-state index in [2.05, 4.69) is 5.32 Å². The molecule has 2 N–H and O–H groups in total. The lowest BCUT2D eigenvalue weighted by atomic mass is 9.95. The molecule has 24 heavy (non-hydrogen) atoms. The number of para-hydroxylation sites is 1. The van der Waals surface area contributed by atoms with E-state index in [4.69, 9.17) is 0 Å². The number of carboxylic acid groups (broad SMARTS) is 1. The minimum atomic E-state index is -0.999. The number of rotatable bonds is 5. The van der Waals surface area contributed by atoms with E-state index >= 15 is 0 Å². The largest absolute Gasteiger partial charge is 0.477 e. The second-order valence-electron chi connectivity index (χ2n) is 5.28. The highest BCUT2D eigenvalue weighted by atomic mass is 16.4. The molecule has 3 nitrogen and oxygen atoms in total. The van der Waals surface area contributed by atoms with Gasteiger partial charge < -0.3 is 10.4 Å². The Morgan fingerprint density at radius 3 is 1.50 bits per heavy atom. The zero-order valence-electron chi connectivity index (χ0n) is 13.0. The lowest BCUT2D eigenvalue weighted by Crippen LogP contribution is -2.14. The van der Waals surface area contributed by atoms with Crippen LogP contribution in [-0.4, -0.2) is 11.1 Å². The molecule has 0 unspecified atom stereocenters. The molecule has 0 radical (unpaired) electrons. The van der Waals surface area contributed by atoms with Crippen molar-refractivity contribution in [2.24, 2.45) is 0 Å². The quantitative estimate of drug-likeness (QED) is 0.674. The highest BCUT2D eigenvalue weighted by molar-refractivity contribution is 6.03. The molecule has 118 valence electrons. The van der Waals surface area contributed by atoms with Gasteiger partial charge in [-0.15, -0.1) is 0 Å². The molecule has 0 saturated heterocycles. The summed E-state index contributed by atoms with van der Waals surface area (Å²) < 4.78 is 0. The van der Waals surface area contributed by atoms with Gasteiger partial charge in [-0.25, -0.2) is 4.79 Å². The van der Waals surface area contributed by atoms with Crippen molar-refractivity contribution < 1.29 is 9.90 Å². The SMILES string of the molecule is O=C(O)C(Nc1ccccc1)=C(c1ccccc1)c1ccccc1. The number of nitrogens with one attached hydrogen (secondary N) is 1. The van der Waals surface area contributed by atoms with Gasteiger partial charge in [0.05, 0.1) is 0 Å². The van der Waals surface area contributed by atoms with Gasteiger partial charge in [-0.05, 0) is 23.3 Å². The zero-order valence-corrected chi connectivity index (χ0v) is 13.0. The summed E-state index contributed by atoms with van der Waals surface area (Å²) in [5.41, 5.74) is 3.25. The van der Waals surface area contributed by atoms with E-state index in [1.807, 2.05) is 91.0 Å².